The summed E-state index contributed by atoms with van der Waals surface area (Å²) in [6, 6.07) is 10.5. The maximum absolute atomic E-state index is 13.4. The van der Waals surface area contributed by atoms with Gasteiger partial charge in [0, 0.05) is 29.8 Å². The monoisotopic (exact) mass is 382 g/mol. The van der Waals surface area contributed by atoms with E-state index in [4.69, 9.17) is 9.47 Å². The lowest BCUT2D eigenvalue weighted by molar-refractivity contribution is -0.385. The van der Waals surface area contributed by atoms with Crippen molar-refractivity contribution in [2.75, 3.05) is 6.79 Å². The molecule has 2 aromatic rings. The number of hydrogen-bond acceptors (Lipinski definition) is 5. The molecule has 1 heterocycles. The molecule has 0 bridgehead atoms. The summed E-state index contributed by atoms with van der Waals surface area (Å²) < 4.78 is 10.8. The van der Waals surface area contributed by atoms with Crippen LogP contribution in [0.5, 0.6) is 11.5 Å². The van der Waals surface area contributed by atoms with Gasteiger partial charge in [0.05, 0.1) is 4.92 Å². The molecule has 28 heavy (non-hydrogen) atoms. The van der Waals surface area contributed by atoms with Gasteiger partial charge in [-0.25, -0.2) is 0 Å². The van der Waals surface area contributed by atoms with Crippen molar-refractivity contribution in [3.63, 3.8) is 0 Å². The molecule has 7 heteroatoms. The second-order valence-corrected chi connectivity index (χ2v) is 7.27. The highest BCUT2D eigenvalue weighted by atomic mass is 16.7. The van der Waals surface area contributed by atoms with Crippen LogP contribution >= 0.6 is 0 Å². The molecule has 146 valence electrons. The number of fused-ring (bicyclic) bond motifs is 1. The molecule has 1 aliphatic carbocycles. The summed E-state index contributed by atoms with van der Waals surface area (Å²) in [6.45, 7) is 2.28. The van der Waals surface area contributed by atoms with Gasteiger partial charge in [-0.2, -0.15) is 0 Å². The van der Waals surface area contributed by atoms with Crippen LogP contribution < -0.4 is 9.47 Å². The van der Waals surface area contributed by atoms with Crippen LogP contribution in [-0.4, -0.2) is 28.6 Å². The topological polar surface area (TPSA) is 81.9 Å². The molecule has 2 aliphatic rings. The molecule has 2 aromatic carbocycles. The first kappa shape index (κ1) is 18.3. The molecule has 0 spiro atoms. The number of nitrogens with zero attached hydrogens (tertiary/aromatic N) is 2. The lowest BCUT2D eigenvalue weighted by atomic mass is 10.0. The largest absolute Gasteiger partial charge is 0.454 e. The van der Waals surface area contributed by atoms with E-state index in [2.05, 4.69) is 0 Å². The SMILES string of the molecule is Cc1c(C(=O)N(Cc2ccc3c(c2)OCO3)C2CCCC2)cccc1[N+](=O)[O-]. The van der Waals surface area contributed by atoms with Gasteiger partial charge < -0.3 is 14.4 Å². The Morgan fingerprint density at radius 3 is 2.68 bits per heavy atom. The van der Waals surface area contributed by atoms with Crippen LogP contribution in [0.15, 0.2) is 36.4 Å². The fourth-order valence-electron chi connectivity index (χ4n) is 4.03. The van der Waals surface area contributed by atoms with E-state index in [0.717, 1.165) is 31.2 Å². The minimum Gasteiger partial charge on any atom is -0.454 e. The van der Waals surface area contributed by atoms with Gasteiger partial charge in [-0.05, 0) is 43.5 Å². The summed E-state index contributed by atoms with van der Waals surface area (Å²) in [7, 11) is 0. The van der Waals surface area contributed by atoms with Crippen molar-refractivity contribution in [1.29, 1.82) is 0 Å². The average Bonchev–Trinajstić information content (AvgIpc) is 3.37. The van der Waals surface area contributed by atoms with Crippen LogP contribution in [0.3, 0.4) is 0 Å². The minimum absolute atomic E-state index is 0.0275. The third-order valence-corrected chi connectivity index (χ3v) is 5.55. The predicted molar refractivity (Wildman–Crippen MR) is 103 cm³/mol. The van der Waals surface area contributed by atoms with Gasteiger partial charge in [0.15, 0.2) is 11.5 Å². The van der Waals surface area contributed by atoms with Crippen molar-refractivity contribution in [2.45, 2.75) is 45.2 Å². The third kappa shape index (κ3) is 3.40. The first-order chi connectivity index (χ1) is 13.5. The van der Waals surface area contributed by atoms with Crippen LogP contribution in [0.25, 0.3) is 0 Å². The second-order valence-electron chi connectivity index (χ2n) is 7.27. The lowest BCUT2D eigenvalue weighted by Gasteiger charge is -2.30. The van der Waals surface area contributed by atoms with Crippen LogP contribution in [0.4, 0.5) is 5.69 Å². The standard InChI is InChI=1S/C21H22N2O5/c1-14-17(7-4-8-18(14)23(25)26)21(24)22(16-5-2-3-6-16)12-15-9-10-19-20(11-15)28-13-27-19/h4,7-11,16H,2-3,5-6,12-13H2,1H3. The predicted octanol–water partition coefficient (Wildman–Crippen LogP) is 4.22. The zero-order chi connectivity index (χ0) is 19.7. The molecule has 1 aliphatic heterocycles. The van der Waals surface area contributed by atoms with Gasteiger partial charge in [0.2, 0.25) is 6.79 Å². The Morgan fingerprint density at radius 1 is 1.18 bits per heavy atom. The van der Waals surface area contributed by atoms with E-state index in [1.54, 1.807) is 19.1 Å². The van der Waals surface area contributed by atoms with Crippen molar-refractivity contribution in [3.05, 3.63) is 63.2 Å². The summed E-state index contributed by atoms with van der Waals surface area (Å²) in [5.41, 5.74) is 1.72. The van der Waals surface area contributed by atoms with Crippen molar-refractivity contribution < 1.29 is 19.2 Å². The summed E-state index contributed by atoms with van der Waals surface area (Å²) in [6.07, 6.45) is 4.07. The van der Waals surface area contributed by atoms with Crippen LogP contribution in [0, 0.1) is 17.0 Å². The summed E-state index contributed by atoms with van der Waals surface area (Å²) >= 11 is 0. The highest BCUT2D eigenvalue weighted by molar-refractivity contribution is 5.96. The summed E-state index contributed by atoms with van der Waals surface area (Å²) in [5, 5.41) is 11.3. The fraction of sp³-hybridized carbons (Fsp3) is 0.381. The highest BCUT2D eigenvalue weighted by Crippen LogP contribution is 2.34. The molecule has 0 unspecified atom stereocenters. The van der Waals surface area contributed by atoms with Gasteiger partial charge >= 0.3 is 0 Å². The Hall–Kier alpha value is -3.09. The molecule has 0 saturated heterocycles. The fourth-order valence-corrected chi connectivity index (χ4v) is 4.03. The lowest BCUT2D eigenvalue weighted by Crippen LogP contribution is -2.38. The summed E-state index contributed by atoms with van der Waals surface area (Å²) in [4.78, 5) is 26.1. The number of amides is 1. The molecule has 0 radical (unpaired) electrons. The first-order valence-corrected chi connectivity index (χ1v) is 9.48. The molecular weight excluding hydrogens is 360 g/mol. The van der Waals surface area contributed by atoms with Gasteiger partial charge in [0.1, 0.15) is 0 Å². The molecule has 7 nitrogen and oxygen atoms in total. The van der Waals surface area contributed by atoms with Crippen LogP contribution in [0.1, 0.15) is 47.2 Å². The molecule has 0 atom stereocenters. The van der Waals surface area contributed by atoms with Gasteiger partial charge in [-0.3, -0.25) is 14.9 Å². The number of benzene rings is 2. The Labute approximate surface area is 163 Å². The van der Waals surface area contributed by atoms with Crippen molar-refractivity contribution >= 4 is 11.6 Å². The van der Waals surface area contributed by atoms with E-state index < -0.39 is 4.92 Å². The zero-order valence-electron chi connectivity index (χ0n) is 15.7. The van der Waals surface area contributed by atoms with E-state index in [9.17, 15) is 14.9 Å². The van der Waals surface area contributed by atoms with Crippen molar-refractivity contribution in [3.8, 4) is 11.5 Å². The van der Waals surface area contributed by atoms with E-state index >= 15 is 0 Å². The normalized spacial score (nSPS) is 15.6. The van der Waals surface area contributed by atoms with E-state index in [1.165, 1.54) is 6.07 Å². The Kier molecular flexibility index (Phi) is 4.90. The molecule has 1 fully saturated rings. The Morgan fingerprint density at radius 2 is 1.93 bits per heavy atom. The molecule has 4 rings (SSSR count). The second kappa shape index (κ2) is 7.50. The van der Waals surface area contributed by atoms with E-state index in [1.807, 2.05) is 23.1 Å². The summed E-state index contributed by atoms with van der Waals surface area (Å²) in [5.74, 6) is 1.23. The highest BCUT2D eigenvalue weighted by Gasteiger charge is 2.30. The molecule has 0 N–H and O–H groups in total. The first-order valence-electron chi connectivity index (χ1n) is 9.48. The van der Waals surface area contributed by atoms with Gasteiger partial charge in [-0.15, -0.1) is 0 Å². The Balaban J connectivity index is 1.66. The third-order valence-electron chi connectivity index (χ3n) is 5.55. The number of nitro groups is 1. The van der Waals surface area contributed by atoms with Crippen molar-refractivity contribution in [2.24, 2.45) is 0 Å². The molecule has 0 aromatic heterocycles. The van der Waals surface area contributed by atoms with Gasteiger partial charge in [0.25, 0.3) is 11.6 Å². The number of rotatable bonds is 5. The molecular formula is C21H22N2O5. The van der Waals surface area contributed by atoms with Crippen molar-refractivity contribution in [1.82, 2.24) is 4.90 Å². The Bertz CT molecular complexity index is 921. The number of hydrogen-bond donors (Lipinski definition) is 0. The maximum atomic E-state index is 13.4. The van der Waals surface area contributed by atoms with Crippen LogP contribution in [-0.2, 0) is 6.54 Å². The van der Waals surface area contributed by atoms with E-state index in [-0.39, 0.29) is 24.4 Å². The van der Waals surface area contributed by atoms with E-state index in [0.29, 0.717) is 29.2 Å². The number of nitro benzene ring substituents is 1. The average molecular weight is 382 g/mol. The molecule has 1 saturated carbocycles. The number of carbonyl (C=O) groups excluding carboxylic acids is 1. The minimum atomic E-state index is -0.441. The van der Waals surface area contributed by atoms with Gasteiger partial charge in [-0.1, -0.05) is 25.0 Å². The number of carbonyl (C=O) groups is 1. The quantitative estimate of drug-likeness (QED) is 0.571. The smallest absolute Gasteiger partial charge is 0.273 e. The zero-order valence-corrected chi connectivity index (χ0v) is 15.7. The number of ether oxygens (including phenoxy) is 2. The molecule has 1 amide bonds. The maximum Gasteiger partial charge on any atom is 0.273 e. The van der Waals surface area contributed by atoms with Crippen LogP contribution in [0.2, 0.25) is 0 Å².